The average Bonchev–Trinajstić information content (AvgIpc) is 2.59. The van der Waals surface area contributed by atoms with E-state index in [1.165, 1.54) is 0 Å². The molecule has 19 heavy (non-hydrogen) atoms. The predicted molar refractivity (Wildman–Crippen MR) is 82.8 cm³/mol. The van der Waals surface area contributed by atoms with Crippen LogP contribution in [0.25, 0.3) is 0 Å². The molecule has 0 saturated heterocycles. The first-order valence-electron chi connectivity index (χ1n) is 5.56. The third-order valence-corrected chi connectivity index (χ3v) is 5.10. The number of rotatable bonds is 3. The highest BCUT2D eigenvalue weighted by molar-refractivity contribution is 9.10. The summed E-state index contributed by atoms with van der Waals surface area (Å²) in [5, 5.41) is 4.81. The first-order valence-corrected chi connectivity index (χ1v) is 7.52. The van der Waals surface area contributed by atoms with Crippen LogP contribution < -0.4 is 0 Å². The summed E-state index contributed by atoms with van der Waals surface area (Å²) < 4.78 is 3.38. The Hall–Kier alpha value is -0.650. The first-order chi connectivity index (χ1) is 8.90. The van der Waals surface area contributed by atoms with Gasteiger partial charge in [-0.3, -0.25) is 9.48 Å². The second kappa shape index (κ2) is 5.77. The highest BCUT2D eigenvalue weighted by Gasteiger charge is 2.16. The van der Waals surface area contributed by atoms with Gasteiger partial charge in [-0.05, 0) is 50.9 Å². The summed E-state index contributed by atoms with van der Waals surface area (Å²) in [6, 6.07) is 5.21. The van der Waals surface area contributed by atoms with Gasteiger partial charge >= 0.3 is 0 Å². The van der Waals surface area contributed by atoms with Crippen LogP contribution in [0.3, 0.4) is 0 Å². The molecule has 0 amide bonds. The van der Waals surface area contributed by atoms with Crippen molar-refractivity contribution in [2.75, 3.05) is 0 Å². The number of nitrogens with zero attached hydrogens (tertiary/aromatic N) is 2. The van der Waals surface area contributed by atoms with Gasteiger partial charge in [-0.1, -0.05) is 17.7 Å². The van der Waals surface area contributed by atoms with Crippen LogP contribution in [0, 0.1) is 6.92 Å². The fourth-order valence-electron chi connectivity index (χ4n) is 1.80. The van der Waals surface area contributed by atoms with Crippen molar-refractivity contribution in [2.45, 2.75) is 13.3 Å². The lowest BCUT2D eigenvalue weighted by Crippen LogP contribution is -2.08. The van der Waals surface area contributed by atoms with Gasteiger partial charge in [0.15, 0.2) is 5.78 Å². The van der Waals surface area contributed by atoms with Gasteiger partial charge in [0.25, 0.3) is 0 Å². The zero-order valence-electron chi connectivity index (χ0n) is 10.4. The Morgan fingerprint density at radius 1 is 1.42 bits per heavy atom. The number of ketones is 1. The van der Waals surface area contributed by atoms with Crippen LogP contribution in [0.15, 0.2) is 27.1 Å². The molecule has 1 aromatic carbocycles. The van der Waals surface area contributed by atoms with Crippen LogP contribution in [0.5, 0.6) is 0 Å². The van der Waals surface area contributed by atoms with E-state index in [4.69, 9.17) is 11.6 Å². The molecule has 0 spiro atoms. The minimum absolute atomic E-state index is 0.0121. The normalized spacial score (nSPS) is 10.8. The van der Waals surface area contributed by atoms with E-state index >= 15 is 0 Å². The summed E-state index contributed by atoms with van der Waals surface area (Å²) in [7, 11) is 1.83. The Morgan fingerprint density at radius 3 is 2.63 bits per heavy atom. The summed E-state index contributed by atoms with van der Waals surface area (Å²) in [5.41, 5.74) is 2.33. The second-order valence-corrected chi connectivity index (χ2v) is 6.25. The Balaban J connectivity index is 2.28. The van der Waals surface area contributed by atoms with Crippen LogP contribution in [-0.2, 0) is 13.5 Å². The van der Waals surface area contributed by atoms with E-state index in [1.807, 2.05) is 14.0 Å². The molecular formula is C13H11Br2ClN2O. The molecule has 0 aliphatic heterocycles. The second-order valence-electron chi connectivity index (χ2n) is 4.20. The van der Waals surface area contributed by atoms with E-state index in [0.717, 1.165) is 20.3 Å². The predicted octanol–water partition coefficient (Wildman–Crippen LogP) is 4.33. The van der Waals surface area contributed by atoms with Crippen molar-refractivity contribution in [2.24, 2.45) is 7.05 Å². The summed E-state index contributed by atoms with van der Waals surface area (Å²) in [6.07, 6.45) is 0.288. The SMILES string of the molecule is Cc1nn(C)c(CC(=O)c2ccc(Br)c(Cl)c2)c1Br. The van der Waals surface area contributed by atoms with E-state index < -0.39 is 0 Å². The Labute approximate surface area is 133 Å². The first kappa shape index (κ1) is 14.8. The Kier molecular flexibility index (Phi) is 4.48. The molecule has 1 aromatic heterocycles. The quantitative estimate of drug-likeness (QED) is 0.711. The fourth-order valence-corrected chi connectivity index (χ4v) is 2.70. The number of hydrogen-bond acceptors (Lipinski definition) is 2. The number of aromatic nitrogens is 2. The van der Waals surface area contributed by atoms with Gasteiger partial charge in [0.1, 0.15) is 0 Å². The summed E-state index contributed by atoms with van der Waals surface area (Å²) in [4.78, 5) is 12.3. The van der Waals surface area contributed by atoms with Crippen LogP contribution in [0.1, 0.15) is 21.7 Å². The van der Waals surface area contributed by atoms with Crippen LogP contribution >= 0.6 is 43.5 Å². The minimum Gasteiger partial charge on any atom is -0.294 e. The van der Waals surface area contributed by atoms with Crippen molar-refractivity contribution in [3.63, 3.8) is 0 Å². The molecule has 0 fully saturated rings. The molecule has 3 nitrogen and oxygen atoms in total. The molecule has 100 valence electrons. The molecule has 6 heteroatoms. The third kappa shape index (κ3) is 3.09. The lowest BCUT2D eigenvalue weighted by molar-refractivity contribution is 0.0990. The number of hydrogen-bond donors (Lipinski definition) is 0. The zero-order chi connectivity index (χ0) is 14.2. The molecule has 0 unspecified atom stereocenters. The van der Waals surface area contributed by atoms with E-state index in [2.05, 4.69) is 37.0 Å². The van der Waals surface area contributed by atoms with Gasteiger partial charge in [-0.2, -0.15) is 5.10 Å². The third-order valence-electron chi connectivity index (χ3n) is 2.83. The van der Waals surface area contributed by atoms with Gasteiger partial charge in [0.05, 0.1) is 27.3 Å². The molecular weight excluding hydrogens is 395 g/mol. The topological polar surface area (TPSA) is 34.9 Å². The standard InChI is InChI=1S/C13H11Br2ClN2O/c1-7-13(15)11(18(2)17-7)6-12(19)8-3-4-9(14)10(16)5-8/h3-5H,6H2,1-2H3. The highest BCUT2D eigenvalue weighted by atomic mass is 79.9. The van der Waals surface area contributed by atoms with Crippen molar-refractivity contribution in [1.82, 2.24) is 9.78 Å². The molecule has 0 radical (unpaired) electrons. The number of aryl methyl sites for hydroxylation is 2. The number of Topliss-reactive ketones (excluding diaryl/α,β-unsaturated/α-hetero) is 1. The monoisotopic (exact) mass is 404 g/mol. The molecule has 0 aliphatic carbocycles. The lowest BCUT2D eigenvalue weighted by atomic mass is 10.1. The Morgan fingerprint density at radius 2 is 2.11 bits per heavy atom. The summed E-state index contributed by atoms with van der Waals surface area (Å²) in [6.45, 7) is 1.90. The number of halogens is 3. The van der Waals surface area contributed by atoms with Crippen LogP contribution in [-0.4, -0.2) is 15.6 Å². The maximum Gasteiger partial charge on any atom is 0.168 e. The van der Waals surface area contributed by atoms with E-state index in [0.29, 0.717) is 10.6 Å². The number of benzene rings is 1. The molecule has 0 bridgehead atoms. The maximum atomic E-state index is 12.3. The van der Waals surface area contributed by atoms with Crippen LogP contribution in [0.4, 0.5) is 0 Å². The molecule has 2 rings (SSSR count). The van der Waals surface area contributed by atoms with Gasteiger partial charge in [0.2, 0.25) is 0 Å². The Bertz CT molecular complexity index is 652. The zero-order valence-corrected chi connectivity index (χ0v) is 14.3. The largest absolute Gasteiger partial charge is 0.294 e. The van der Waals surface area contributed by atoms with Gasteiger partial charge in [-0.25, -0.2) is 0 Å². The van der Waals surface area contributed by atoms with Crippen LogP contribution in [0.2, 0.25) is 5.02 Å². The van der Waals surface area contributed by atoms with Crippen molar-refractivity contribution in [3.8, 4) is 0 Å². The summed E-state index contributed by atoms with van der Waals surface area (Å²) in [5.74, 6) is 0.0121. The van der Waals surface area contributed by atoms with Crippen molar-refractivity contribution in [3.05, 3.63) is 49.1 Å². The van der Waals surface area contributed by atoms with Gasteiger partial charge in [-0.15, -0.1) is 0 Å². The number of carbonyl (C=O) groups excluding carboxylic acids is 1. The molecule has 0 N–H and O–H groups in total. The molecule has 2 aromatic rings. The van der Waals surface area contributed by atoms with Crippen molar-refractivity contribution >= 4 is 49.2 Å². The minimum atomic E-state index is 0.0121. The van der Waals surface area contributed by atoms with E-state index in [-0.39, 0.29) is 12.2 Å². The molecule has 1 heterocycles. The van der Waals surface area contributed by atoms with Gasteiger partial charge < -0.3 is 0 Å². The van der Waals surface area contributed by atoms with Crippen molar-refractivity contribution in [1.29, 1.82) is 0 Å². The van der Waals surface area contributed by atoms with Gasteiger partial charge in [0, 0.05) is 17.1 Å². The lowest BCUT2D eigenvalue weighted by Gasteiger charge is -2.04. The highest BCUT2D eigenvalue weighted by Crippen LogP contribution is 2.25. The van der Waals surface area contributed by atoms with Crippen molar-refractivity contribution < 1.29 is 4.79 Å². The smallest absolute Gasteiger partial charge is 0.168 e. The molecule has 0 saturated carbocycles. The average molecular weight is 407 g/mol. The number of carbonyl (C=O) groups is 1. The molecule has 0 aliphatic rings. The van der Waals surface area contributed by atoms with E-state index in [1.54, 1.807) is 22.9 Å². The maximum absolute atomic E-state index is 12.3. The summed E-state index contributed by atoms with van der Waals surface area (Å²) >= 11 is 12.8. The fraction of sp³-hybridized carbons (Fsp3) is 0.231. The van der Waals surface area contributed by atoms with E-state index in [9.17, 15) is 4.79 Å². The molecule has 0 atom stereocenters.